The molecule has 3 aromatic rings. The SMILES string of the molecule is O=c1ccn([C@@H]2O[C@H](CO)C(O)C2O)c(=O)n1Cc1ncccc1-c1ccccc1. The fraction of sp³-hybridized carbons (Fsp3) is 0.286. The molecule has 1 aromatic carbocycles. The van der Waals surface area contributed by atoms with Crippen molar-refractivity contribution in [2.45, 2.75) is 31.1 Å². The summed E-state index contributed by atoms with van der Waals surface area (Å²) in [6.07, 6.45) is -2.25. The highest BCUT2D eigenvalue weighted by Crippen LogP contribution is 2.28. The van der Waals surface area contributed by atoms with E-state index in [4.69, 9.17) is 4.74 Å². The van der Waals surface area contributed by atoms with Crippen molar-refractivity contribution in [2.24, 2.45) is 0 Å². The monoisotopic (exact) mass is 411 g/mol. The molecule has 0 radical (unpaired) electrons. The Kier molecular flexibility index (Phi) is 5.60. The Morgan fingerprint density at radius 2 is 1.77 bits per heavy atom. The van der Waals surface area contributed by atoms with E-state index in [1.807, 2.05) is 36.4 Å². The van der Waals surface area contributed by atoms with Crippen LogP contribution in [0.5, 0.6) is 0 Å². The summed E-state index contributed by atoms with van der Waals surface area (Å²) in [6.45, 7) is -0.601. The van der Waals surface area contributed by atoms with Gasteiger partial charge in [-0.05, 0) is 11.6 Å². The Morgan fingerprint density at radius 1 is 1.00 bits per heavy atom. The maximum atomic E-state index is 13.0. The van der Waals surface area contributed by atoms with Crippen LogP contribution in [0.1, 0.15) is 11.9 Å². The zero-order chi connectivity index (χ0) is 21.3. The lowest BCUT2D eigenvalue weighted by atomic mass is 10.0. The molecule has 1 aliphatic rings. The molecule has 30 heavy (non-hydrogen) atoms. The maximum Gasteiger partial charge on any atom is 0.333 e. The summed E-state index contributed by atoms with van der Waals surface area (Å²) >= 11 is 0. The van der Waals surface area contributed by atoms with Crippen LogP contribution in [-0.4, -0.2) is 54.4 Å². The first-order chi connectivity index (χ1) is 14.5. The third-order valence-corrected chi connectivity index (χ3v) is 5.17. The fourth-order valence-electron chi connectivity index (χ4n) is 3.57. The minimum absolute atomic E-state index is 0.0849. The highest BCUT2D eigenvalue weighted by atomic mass is 16.6. The molecule has 1 saturated heterocycles. The average molecular weight is 411 g/mol. The van der Waals surface area contributed by atoms with Crippen molar-refractivity contribution in [3.05, 3.63) is 87.5 Å². The van der Waals surface area contributed by atoms with Crippen molar-refractivity contribution in [3.63, 3.8) is 0 Å². The quantitative estimate of drug-likeness (QED) is 0.528. The van der Waals surface area contributed by atoms with Crippen LogP contribution in [0.4, 0.5) is 0 Å². The van der Waals surface area contributed by atoms with Crippen molar-refractivity contribution < 1.29 is 20.1 Å². The zero-order valence-electron chi connectivity index (χ0n) is 15.9. The van der Waals surface area contributed by atoms with E-state index in [0.29, 0.717) is 5.69 Å². The lowest BCUT2D eigenvalue weighted by molar-refractivity contribution is -0.0555. The number of aliphatic hydroxyl groups excluding tert-OH is 3. The van der Waals surface area contributed by atoms with Gasteiger partial charge in [0.25, 0.3) is 5.56 Å². The van der Waals surface area contributed by atoms with Gasteiger partial charge in [-0.15, -0.1) is 0 Å². The van der Waals surface area contributed by atoms with Crippen LogP contribution >= 0.6 is 0 Å². The van der Waals surface area contributed by atoms with Crippen molar-refractivity contribution in [3.8, 4) is 11.1 Å². The van der Waals surface area contributed by atoms with Gasteiger partial charge in [-0.25, -0.2) is 4.79 Å². The number of aromatic nitrogens is 3. The minimum Gasteiger partial charge on any atom is -0.394 e. The van der Waals surface area contributed by atoms with Crippen LogP contribution in [0.3, 0.4) is 0 Å². The number of pyridine rings is 1. The summed E-state index contributed by atoms with van der Waals surface area (Å²) in [5, 5.41) is 29.5. The summed E-state index contributed by atoms with van der Waals surface area (Å²) < 4.78 is 7.45. The van der Waals surface area contributed by atoms with E-state index in [2.05, 4.69) is 4.98 Å². The molecule has 9 heteroatoms. The van der Waals surface area contributed by atoms with E-state index in [-0.39, 0.29) is 6.54 Å². The molecule has 3 N–H and O–H groups in total. The van der Waals surface area contributed by atoms with Crippen LogP contribution in [0.15, 0.2) is 70.5 Å². The molecule has 1 fully saturated rings. The summed E-state index contributed by atoms with van der Waals surface area (Å²) in [4.78, 5) is 29.8. The third-order valence-electron chi connectivity index (χ3n) is 5.17. The second-order valence-corrected chi connectivity index (χ2v) is 7.02. The molecule has 0 aliphatic carbocycles. The van der Waals surface area contributed by atoms with Gasteiger partial charge in [-0.3, -0.25) is 18.9 Å². The molecule has 1 aliphatic heterocycles. The van der Waals surface area contributed by atoms with E-state index in [9.17, 15) is 24.9 Å². The van der Waals surface area contributed by atoms with Gasteiger partial charge in [0.1, 0.15) is 18.3 Å². The Balaban J connectivity index is 1.74. The molecule has 0 saturated carbocycles. The van der Waals surface area contributed by atoms with Crippen molar-refractivity contribution >= 4 is 0 Å². The third kappa shape index (κ3) is 3.59. The number of hydrogen-bond donors (Lipinski definition) is 3. The van der Waals surface area contributed by atoms with Gasteiger partial charge in [-0.1, -0.05) is 36.4 Å². The molecule has 0 bridgehead atoms. The molecule has 4 rings (SSSR count). The molecule has 0 spiro atoms. The van der Waals surface area contributed by atoms with E-state index < -0.39 is 42.4 Å². The molecule has 4 atom stereocenters. The van der Waals surface area contributed by atoms with Crippen LogP contribution in [0, 0.1) is 0 Å². The molecule has 0 amide bonds. The zero-order valence-corrected chi connectivity index (χ0v) is 15.9. The lowest BCUT2D eigenvalue weighted by Gasteiger charge is -2.19. The van der Waals surface area contributed by atoms with Gasteiger partial charge >= 0.3 is 5.69 Å². The van der Waals surface area contributed by atoms with Crippen LogP contribution in [0.2, 0.25) is 0 Å². The van der Waals surface area contributed by atoms with E-state index >= 15 is 0 Å². The highest BCUT2D eigenvalue weighted by molar-refractivity contribution is 5.65. The summed E-state index contributed by atoms with van der Waals surface area (Å²) in [6, 6.07) is 14.3. The first kappa shape index (κ1) is 20.2. The number of nitrogens with zero attached hydrogens (tertiary/aromatic N) is 3. The predicted molar refractivity (Wildman–Crippen MR) is 107 cm³/mol. The average Bonchev–Trinajstić information content (AvgIpc) is 3.06. The normalized spacial score (nSPS) is 23.6. The smallest absolute Gasteiger partial charge is 0.333 e. The second kappa shape index (κ2) is 8.33. The Morgan fingerprint density at radius 3 is 2.47 bits per heavy atom. The van der Waals surface area contributed by atoms with Crippen molar-refractivity contribution in [1.29, 1.82) is 0 Å². The topological polar surface area (TPSA) is 127 Å². The number of benzene rings is 1. The molecule has 156 valence electrons. The van der Waals surface area contributed by atoms with Crippen LogP contribution < -0.4 is 11.2 Å². The molecule has 9 nitrogen and oxygen atoms in total. The van der Waals surface area contributed by atoms with Gasteiger partial charge in [0.2, 0.25) is 0 Å². The second-order valence-electron chi connectivity index (χ2n) is 7.02. The van der Waals surface area contributed by atoms with E-state index in [1.165, 1.54) is 12.3 Å². The van der Waals surface area contributed by atoms with Crippen molar-refractivity contribution in [2.75, 3.05) is 6.61 Å². The Labute approximate surface area is 171 Å². The molecule has 3 heterocycles. The number of rotatable bonds is 5. The highest BCUT2D eigenvalue weighted by Gasteiger charge is 2.43. The van der Waals surface area contributed by atoms with E-state index in [1.54, 1.807) is 12.3 Å². The maximum absolute atomic E-state index is 13.0. The summed E-state index contributed by atoms with van der Waals surface area (Å²) in [7, 11) is 0. The van der Waals surface area contributed by atoms with Gasteiger partial charge in [0.15, 0.2) is 6.23 Å². The van der Waals surface area contributed by atoms with Crippen LogP contribution in [0.25, 0.3) is 11.1 Å². The Bertz CT molecular complexity index is 1140. The number of hydrogen-bond acceptors (Lipinski definition) is 7. The fourth-order valence-corrected chi connectivity index (χ4v) is 3.57. The number of aliphatic hydroxyl groups is 3. The van der Waals surface area contributed by atoms with Gasteiger partial charge in [0.05, 0.1) is 18.8 Å². The molecule has 2 unspecified atom stereocenters. The largest absolute Gasteiger partial charge is 0.394 e. The Hall–Kier alpha value is -3.11. The summed E-state index contributed by atoms with van der Waals surface area (Å²) in [5.41, 5.74) is 0.956. The summed E-state index contributed by atoms with van der Waals surface area (Å²) in [5.74, 6) is 0. The van der Waals surface area contributed by atoms with Crippen molar-refractivity contribution in [1.82, 2.24) is 14.1 Å². The van der Waals surface area contributed by atoms with Gasteiger partial charge in [0, 0.05) is 24.0 Å². The van der Waals surface area contributed by atoms with Gasteiger partial charge < -0.3 is 20.1 Å². The standard InChI is InChI=1S/C21H21N3O6/c25-12-16-18(27)19(28)20(30-16)23-10-8-17(26)24(21(23)29)11-15-14(7-4-9-22-15)13-5-2-1-3-6-13/h1-10,16,18-20,25,27-28H,11-12H2/t16-,18?,19?,20-/m1/s1. The number of ether oxygens (including phenoxy) is 1. The van der Waals surface area contributed by atoms with Gasteiger partial charge in [-0.2, -0.15) is 0 Å². The van der Waals surface area contributed by atoms with Crippen LogP contribution in [-0.2, 0) is 11.3 Å². The molecule has 2 aromatic heterocycles. The molecular formula is C21H21N3O6. The first-order valence-electron chi connectivity index (χ1n) is 9.45. The molecular weight excluding hydrogens is 390 g/mol. The lowest BCUT2D eigenvalue weighted by Crippen LogP contribution is -2.43. The van der Waals surface area contributed by atoms with E-state index in [0.717, 1.165) is 20.3 Å². The first-order valence-corrected chi connectivity index (χ1v) is 9.45. The minimum atomic E-state index is -1.43. The predicted octanol–water partition coefficient (Wildman–Crippen LogP) is -0.268.